The van der Waals surface area contributed by atoms with E-state index in [1.54, 1.807) is 32.0 Å². The molecule has 0 aliphatic heterocycles. The predicted molar refractivity (Wildman–Crippen MR) is 96.9 cm³/mol. The van der Waals surface area contributed by atoms with E-state index in [1.807, 2.05) is 30.3 Å². The summed E-state index contributed by atoms with van der Waals surface area (Å²) in [7, 11) is 0. The molecule has 6 heteroatoms. The van der Waals surface area contributed by atoms with Crippen LogP contribution in [0.5, 0.6) is 5.75 Å². The van der Waals surface area contributed by atoms with Gasteiger partial charge in [-0.1, -0.05) is 44.2 Å². The molecule has 2 rings (SSSR count). The van der Waals surface area contributed by atoms with Gasteiger partial charge >= 0.3 is 0 Å². The van der Waals surface area contributed by atoms with Crippen molar-refractivity contribution in [3.05, 3.63) is 59.7 Å². The van der Waals surface area contributed by atoms with Crippen LogP contribution >= 0.6 is 0 Å². The number of amides is 2. The number of carbonyl (C=O) groups is 2. The van der Waals surface area contributed by atoms with Gasteiger partial charge in [-0.05, 0) is 23.6 Å². The SMILES string of the molecule is CC(C)C(NC(=O)c1ccc(OCc2ccccc2)cc1N)C(N)=O. The molecule has 2 aromatic carbocycles. The maximum atomic E-state index is 12.3. The first-order chi connectivity index (χ1) is 11.9. The first-order valence-corrected chi connectivity index (χ1v) is 8.05. The maximum Gasteiger partial charge on any atom is 0.254 e. The third-order valence-corrected chi connectivity index (χ3v) is 3.78. The lowest BCUT2D eigenvalue weighted by Crippen LogP contribution is -2.47. The van der Waals surface area contributed by atoms with Crippen LogP contribution in [-0.2, 0) is 11.4 Å². The number of rotatable bonds is 7. The van der Waals surface area contributed by atoms with Crippen LogP contribution in [0.2, 0.25) is 0 Å². The highest BCUT2D eigenvalue weighted by Crippen LogP contribution is 2.21. The van der Waals surface area contributed by atoms with Crippen molar-refractivity contribution in [1.29, 1.82) is 0 Å². The van der Waals surface area contributed by atoms with Crippen LogP contribution < -0.4 is 21.5 Å². The molecule has 0 bridgehead atoms. The van der Waals surface area contributed by atoms with Gasteiger partial charge in [0.25, 0.3) is 5.91 Å². The van der Waals surface area contributed by atoms with Crippen molar-refractivity contribution in [3.8, 4) is 5.75 Å². The van der Waals surface area contributed by atoms with Gasteiger partial charge in [0.05, 0.1) is 5.56 Å². The molecule has 0 aliphatic rings. The Morgan fingerprint density at radius 2 is 1.80 bits per heavy atom. The zero-order chi connectivity index (χ0) is 18.4. The molecule has 0 aliphatic carbocycles. The molecule has 2 aromatic rings. The predicted octanol–water partition coefficient (Wildman–Crippen LogP) is 2.09. The first-order valence-electron chi connectivity index (χ1n) is 8.05. The van der Waals surface area contributed by atoms with E-state index < -0.39 is 17.9 Å². The number of hydrogen-bond donors (Lipinski definition) is 3. The molecule has 2 amide bonds. The van der Waals surface area contributed by atoms with E-state index in [2.05, 4.69) is 5.32 Å². The van der Waals surface area contributed by atoms with E-state index >= 15 is 0 Å². The summed E-state index contributed by atoms with van der Waals surface area (Å²) in [5.74, 6) is -0.571. The number of nitrogen functional groups attached to an aromatic ring is 1. The monoisotopic (exact) mass is 341 g/mol. The Labute approximate surface area is 147 Å². The largest absolute Gasteiger partial charge is 0.489 e. The number of primary amides is 1. The van der Waals surface area contributed by atoms with Crippen molar-refractivity contribution in [2.75, 3.05) is 5.73 Å². The molecule has 0 aromatic heterocycles. The van der Waals surface area contributed by atoms with Crippen LogP contribution in [0, 0.1) is 5.92 Å². The number of hydrogen-bond acceptors (Lipinski definition) is 4. The van der Waals surface area contributed by atoms with Crippen molar-refractivity contribution >= 4 is 17.5 Å². The minimum Gasteiger partial charge on any atom is -0.489 e. The molecule has 25 heavy (non-hydrogen) atoms. The molecule has 0 spiro atoms. The second kappa shape index (κ2) is 8.19. The van der Waals surface area contributed by atoms with Gasteiger partial charge in [-0.3, -0.25) is 9.59 Å². The molecular weight excluding hydrogens is 318 g/mol. The van der Waals surface area contributed by atoms with Crippen molar-refractivity contribution in [1.82, 2.24) is 5.32 Å². The third kappa shape index (κ3) is 4.97. The standard InChI is InChI=1S/C19H23N3O3/c1-12(2)17(18(21)23)22-19(24)15-9-8-14(10-16(15)20)25-11-13-6-4-3-5-7-13/h3-10,12,17H,11,20H2,1-2H3,(H2,21,23)(H,22,24). The van der Waals surface area contributed by atoms with Crippen molar-refractivity contribution < 1.29 is 14.3 Å². The lowest BCUT2D eigenvalue weighted by Gasteiger charge is -2.19. The summed E-state index contributed by atoms with van der Waals surface area (Å²) in [6, 6.07) is 13.8. The zero-order valence-corrected chi connectivity index (χ0v) is 14.4. The number of nitrogens with two attached hydrogens (primary N) is 2. The number of anilines is 1. The van der Waals surface area contributed by atoms with Gasteiger partial charge < -0.3 is 21.5 Å². The highest BCUT2D eigenvalue weighted by atomic mass is 16.5. The van der Waals surface area contributed by atoms with Crippen molar-refractivity contribution in [3.63, 3.8) is 0 Å². The number of carbonyl (C=O) groups excluding carboxylic acids is 2. The second-order valence-electron chi connectivity index (χ2n) is 6.12. The number of ether oxygens (including phenoxy) is 1. The van der Waals surface area contributed by atoms with E-state index in [1.165, 1.54) is 0 Å². The van der Waals surface area contributed by atoms with E-state index in [4.69, 9.17) is 16.2 Å². The fraction of sp³-hybridized carbons (Fsp3) is 0.263. The van der Waals surface area contributed by atoms with Crippen LogP contribution in [0.15, 0.2) is 48.5 Å². The first kappa shape index (κ1) is 18.3. The Balaban J connectivity index is 2.05. The summed E-state index contributed by atoms with van der Waals surface area (Å²) >= 11 is 0. The molecule has 132 valence electrons. The Morgan fingerprint density at radius 3 is 2.36 bits per heavy atom. The fourth-order valence-electron chi connectivity index (χ4n) is 2.36. The van der Waals surface area contributed by atoms with Crippen molar-refractivity contribution in [2.45, 2.75) is 26.5 Å². The van der Waals surface area contributed by atoms with Crippen LogP contribution in [0.25, 0.3) is 0 Å². The fourth-order valence-corrected chi connectivity index (χ4v) is 2.36. The number of benzene rings is 2. The minimum atomic E-state index is -0.749. The highest BCUT2D eigenvalue weighted by molar-refractivity contribution is 6.01. The van der Waals surface area contributed by atoms with Crippen molar-refractivity contribution in [2.24, 2.45) is 11.7 Å². The van der Waals surface area contributed by atoms with Gasteiger partial charge in [-0.15, -0.1) is 0 Å². The molecular formula is C19H23N3O3. The summed E-state index contributed by atoms with van der Waals surface area (Å²) in [6.45, 7) is 4.02. The Morgan fingerprint density at radius 1 is 1.12 bits per heavy atom. The maximum absolute atomic E-state index is 12.3. The van der Waals surface area contributed by atoms with Crippen LogP contribution in [0.3, 0.4) is 0 Å². The van der Waals surface area contributed by atoms with Gasteiger partial charge in [-0.2, -0.15) is 0 Å². The summed E-state index contributed by atoms with van der Waals surface area (Å²) in [5, 5.41) is 2.62. The van der Waals surface area contributed by atoms with Crippen LogP contribution in [0.1, 0.15) is 29.8 Å². The van der Waals surface area contributed by atoms with Gasteiger partial charge in [0, 0.05) is 11.8 Å². The molecule has 1 unspecified atom stereocenters. The average Bonchev–Trinajstić information content (AvgIpc) is 2.58. The Bertz CT molecular complexity index is 745. The molecule has 0 saturated heterocycles. The van der Waals surface area contributed by atoms with Crippen LogP contribution in [0.4, 0.5) is 5.69 Å². The molecule has 5 N–H and O–H groups in total. The molecule has 0 heterocycles. The quantitative estimate of drug-likeness (QED) is 0.670. The Kier molecular flexibility index (Phi) is 6.00. The van der Waals surface area contributed by atoms with Gasteiger partial charge in [0.1, 0.15) is 18.4 Å². The highest BCUT2D eigenvalue weighted by Gasteiger charge is 2.23. The smallest absolute Gasteiger partial charge is 0.254 e. The van der Waals surface area contributed by atoms with Gasteiger partial charge in [0.2, 0.25) is 5.91 Å². The lowest BCUT2D eigenvalue weighted by molar-refractivity contribution is -0.120. The third-order valence-electron chi connectivity index (χ3n) is 3.78. The second-order valence-corrected chi connectivity index (χ2v) is 6.12. The van der Waals surface area contributed by atoms with E-state index in [-0.39, 0.29) is 17.2 Å². The summed E-state index contributed by atoms with van der Waals surface area (Å²) in [4.78, 5) is 23.8. The summed E-state index contributed by atoms with van der Waals surface area (Å²) in [6.07, 6.45) is 0. The zero-order valence-electron chi connectivity index (χ0n) is 14.4. The van der Waals surface area contributed by atoms with E-state index in [0.29, 0.717) is 12.4 Å². The molecule has 0 saturated carbocycles. The lowest BCUT2D eigenvalue weighted by atomic mass is 10.0. The topological polar surface area (TPSA) is 107 Å². The molecule has 0 fully saturated rings. The summed E-state index contributed by atoms with van der Waals surface area (Å²) in [5.41, 5.74) is 12.9. The summed E-state index contributed by atoms with van der Waals surface area (Å²) < 4.78 is 5.68. The molecule has 0 radical (unpaired) electrons. The molecule has 6 nitrogen and oxygen atoms in total. The Hall–Kier alpha value is -3.02. The normalized spacial score (nSPS) is 11.8. The minimum absolute atomic E-state index is 0.115. The number of nitrogens with one attached hydrogen (secondary N) is 1. The average molecular weight is 341 g/mol. The van der Waals surface area contributed by atoms with Gasteiger partial charge in [-0.25, -0.2) is 0 Å². The van der Waals surface area contributed by atoms with E-state index in [0.717, 1.165) is 5.56 Å². The molecule has 1 atom stereocenters. The van der Waals surface area contributed by atoms with Crippen LogP contribution in [-0.4, -0.2) is 17.9 Å². The van der Waals surface area contributed by atoms with Gasteiger partial charge in [0.15, 0.2) is 0 Å². The van der Waals surface area contributed by atoms with E-state index in [9.17, 15) is 9.59 Å².